The van der Waals surface area contributed by atoms with Crippen LogP contribution in [-0.4, -0.2) is 242 Å². The average molecular weight is 1060 g/mol. The zero-order valence-electron chi connectivity index (χ0n) is 34.7. The van der Waals surface area contributed by atoms with Gasteiger partial charge in [-0.1, -0.05) is 0 Å². The molecule has 0 amide bonds. The van der Waals surface area contributed by atoms with Crippen LogP contribution < -0.4 is 9.44 Å². The monoisotopic (exact) mass is 1060 g/mol. The van der Waals surface area contributed by atoms with Gasteiger partial charge in [-0.05, 0) is 27.2 Å². The highest BCUT2D eigenvalue weighted by atomic mass is 32.3. The van der Waals surface area contributed by atoms with Crippen LogP contribution in [0.5, 0.6) is 0 Å². The van der Waals surface area contributed by atoms with Gasteiger partial charge in [-0.15, -0.1) is 0 Å². The summed E-state index contributed by atoms with van der Waals surface area (Å²) in [7, 11) is -21.0. The van der Waals surface area contributed by atoms with Crippen molar-refractivity contribution in [3.8, 4) is 0 Å². The molecule has 37 heteroatoms. The van der Waals surface area contributed by atoms with Crippen molar-refractivity contribution in [2.45, 2.75) is 169 Å². The maximum Gasteiger partial charge on any atom is 0.397 e. The van der Waals surface area contributed by atoms with E-state index in [1.165, 1.54) is 20.8 Å². The number of ether oxygens (including phenoxy) is 9. The lowest BCUT2D eigenvalue weighted by Crippen LogP contribution is -2.66. The molecule has 13 N–H and O–H groups in total. The molecule has 0 saturated carbocycles. The Morgan fingerprint density at radius 1 is 0.597 bits per heavy atom. The summed E-state index contributed by atoms with van der Waals surface area (Å²) in [4.78, 5) is 12.6. The molecule has 5 aliphatic rings. The van der Waals surface area contributed by atoms with E-state index in [1.807, 2.05) is 0 Å². The first-order chi connectivity index (χ1) is 30.7. The maximum atomic E-state index is 12.6. The lowest BCUT2D eigenvalue weighted by Gasteiger charge is -2.48. The molecule has 5 heterocycles. The van der Waals surface area contributed by atoms with Crippen molar-refractivity contribution in [1.82, 2.24) is 9.44 Å². The average Bonchev–Trinajstić information content (AvgIpc) is 3.17. The maximum absolute atomic E-state index is 12.6. The second kappa shape index (κ2) is 22.0. The number of aliphatic hydroxyl groups excluding tert-OH is 6. The van der Waals surface area contributed by atoms with E-state index in [-0.39, 0.29) is 6.42 Å². The van der Waals surface area contributed by atoms with Gasteiger partial charge in [0.25, 0.3) is 0 Å². The molecule has 0 bridgehead atoms. The number of carbonyl (C=O) groups is 1. The highest BCUT2D eigenvalue weighted by Gasteiger charge is 2.56. The Labute approximate surface area is 381 Å². The minimum atomic E-state index is -5.63. The molecular formula is C30H52N2O31S4. The van der Waals surface area contributed by atoms with Crippen molar-refractivity contribution in [1.29, 1.82) is 0 Å². The lowest BCUT2D eigenvalue weighted by atomic mass is 9.96. The summed E-state index contributed by atoms with van der Waals surface area (Å²) >= 11 is 0. The van der Waals surface area contributed by atoms with Crippen LogP contribution in [0, 0.1) is 0 Å². The third kappa shape index (κ3) is 15.2. The molecule has 0 aromatic carbocycles. The second-order valence-electron chi connectivity index (χ2n) is 15.9. The molecule has 67 heavy (non-hydrogen) atoms. The van der Waals surface area contributed by atoms with E-state index in [9.17, 15) is 87.9 Å². The normalized spacial score (nSPS) is 44.0. The van der Waals surface area contributed by atoms with E-state index in [0.717, 1.165) is 0 Å². The van der Waals surface area contributed by atoms with Gasteiger partial charge in [0.1, 0.15) is 61.0 Å². The number of carboxylic acid groups (broad SMARTS) is 1. The zero-order chi connectivity index (χ0) is 50.3. The largest absolute Gasteiger partial charge is 0.479 e. The first-order valence-corrected chi connectivity index (χ1v) is 25.3. The SMILES string of the molecule is CC1O[C@H](O[C@@H]2C(C(=O)O)O[C@@H](O[C@@H]3C(COS(=O)(=O)O)O[C@H](C)C[C@H]3O)C(OS(=O)(=O)O)[C@H]2O)C(NS(=O)(=O)O)C[C@@H]1O[C@@H]1OC[C@@H](O[C@@H]2OC(C)[C@@H](O)[C@H](O)C2NS(=O)(=O)O)[C@H](O)C1O. The summed E-state index contributed by atoms with van der Waals surface area (Å²) in [6.07, 6.45) is -38.0. The van der Waals surface area contributed by atoms with Crippen LogP contribution in [0.15, 0.2) is 0 Å². The molecule has 22 atom stereocenters. The lowest BCUT2D eigenvalue weighted by molar-refractivity contribution is -0.355. The Hall–Kier alpha value is -1.65. The van der Waals surface area contributed by atoms with Crippen LogP contribution in [0.2, 0.25) is 0 Å². The van der Waals surface area contributed by atoms with Crippen molar-refractivity contribution >= 4 is 47.4 Å². The molecule has 0 aliphatic carbocycles. The van der Waals surface area contributed by atoms with E-state index in [0.29, 0.717) is 0 Å². The van der Waals surface area contributed by atoms with Crippen LogP contribution in [0.1, 0.15) is 33.6 Å². The smallest absolute Gasteiger partial charge is 0.397 e. The van der Waals surface area contributed by atoms with Gasteiger partial charge >= 0.3 is 47.4 Å². The van der Waals surface area contributed by atoms with Gasteiger partial charge in [-0.25, -0.2) is 13.2 Å². The molecule has 0 spiro atoms. The Morgan fingerprint density at radius 3 is 1.78 bits per heavy atom. The fourth-order valence-electron chi connectivity index (χ4n) is 7.79. The van der Waals surface area contributed by atoms with Crippen molar-refractivity contribution in [2.24, 2.45) is 0 Å². The first kappa shape index (κ1) is 56.3. The molecule has 0 radical (unpaired) electrons. The molecule has 5 rings (SSSR count). The summed E-state index contributed by atoms with van der Waals surface area (Å²) in [6.45, 7) is 2.24. The Bertz CT molecular complexity index is 2140. The number of aliphatic hydroxyl groups is 6. The van der Waals surface area contributed by atoms with Gasteiger partial charge in [-0.2, -0.15) is 43.1 Å². The van der Waals surface area contributed by atoms with Gasteiger partial charge in [-0.3, -0.25) is 18.2 Å². The van der Waals surface area contributed by atoms with Gasteiger partial charge < -0.3 is 78.4 Å². The van der Waals surface area contributed by atoms with E-state index in [4.69, 9.17) is 47.2 Å². The predicted octanol–water partition coefficient (Wildman–Crippen LogP) is -7.56. The highest BCUT2D eigenvalue weighted by molar-refractivity contribution is 7.84. The Kier molecular flexibility index (Phi) is 18.5. The highest BCUT2D eigenvalue weighted by Crippen LogP contribution is 2.36. The predicted molar refractivity (Wildman–Crippen MR) is 205 cm³/mol. The Morgan fingerprint density at radius 2 is 1.19 bits per heavy atom. The van der Waals surface area contributed by atoms with Crippen molar-refractivity contribution < 1.29 is 143 Å². The van der Waals surface area contributed by atoms with Gasteiger partial charge in [0.15, 0.2) is 37.4 Å². The van der Waals surface area contributed by atoms with Crippen LogP contribution in [0.3, 0.4) is 0 Å². The van der Waals surface area contributed by atoms with Crippen LogP contribution in [0.4, 0.5) is 0 Å². The summed E-state index contributed by atoms with van der Waals surface area (Å²) in [5.41, 5.74) is 0. The molecule has 5 saturated heterocycles. The fourth-order valence-corrected chi connectivity index (χ4v) is 9.76. The fraction of sp³-hybridized carbons (Fsp3) is 0.967. The van der Waals surface area contributed by atoms with Gasteiger partial charge in [0.2, 0.25) is 0 Å². The number of nitrogens with one attached hydrogen (secondary N) is 2. The summed E-state index contributed by atoms with van der Waals surface area (Å²) in [5, 5.41) is 75.0. The number of hydrogen-bond donors (Lipinski definition) is 13. The third-order valence-corrected chi connectivity index (χ3v) is 12.9. The molecule has 33 nitrogen and oxygen atoms in total. The molecule has 5 fully saturated rings. The van der Waals surface area contributed by atoms with Crippen LogP contribution >= 0.6 is 0 Å². The summed E-state index contributed by atoms with van der Waals surface area (Å²) < 4.78 is 194. The van der Waals surface area contributed by atoms with Crippen molar-refractivity contribution in [3.63, 3.8) is 0 Å². The summed E-state index contributed by atoms with van der Waals surface area (Å²) in [6, 6.07) is -3.70. The summed E-state index contributed by atoms with van der Waals surface area (Å²) in [5.74, 6) is -1.99. The third-order valence-electron chi connectivity index (χ3n) is 10.9. The molecule has 0 aromatic rings. The molecule has 392 valence electrons. The van der Waals surface area contributed by atoms with Crippen molar-refractivity contribution in [2.75, 3.05) is 13.2 Å². The number of rotatable bonds is 18. The number of hydrogen-bond acceptors (Lipinski definition) is 26. The molecule has 0 aromatic heterocycles. The number of carboxylic acids is 1. The quantitative estimate of drug-likeness (QED) is 0.0567. The van der Waals surface area contributed by atoms with E-state index < -0.39 is 202 Å². The minimum absolute atomic E-state index is 0.251. The molecule has 5 aliphatic heterocycles. The minimum Gasteiger partial charge on any atom is -0.479 e. The molecular weight excluding hydrogens is 1010 g/mol. The van der Waals surface area contributed by atoms with Gasteiger partial charge in [0.05, 0.1) is 49.8 Å². The van der Waals surface area contributed by atoms with E-state index in [1.54, 1.807) is 9.44 Å². The zero-order valence-corrected chi connectivity index (χ0v) is 38.0. The van der Waals surface area contributed by atoms with E-state index in [2.05, 4.69) is 8.37 Å². The van der Waals surface area contributed by atoms with Crippen molar-refractivity contribution in [3.05, 3.63) is 0 Å². The van der Waals surface area contributed by atoms with Gasteiger partial charge in [0, 0.05) is 6.42 Å². The van der Waals surface area contributed by atoms with Crippen LogP contribution in [0.25, 0.3) is 0 Å². The van der Waals surface area contributed by atoms with Crippen LogP contribution in [-0.2, 0) is 97.2 Å². The first-order valence-electron chi connectivity index (χ1n) is 19.6. The van der Waals surface area contributed by atoms with E-state index >= 15 is 0 Å². The second-order valence-corrected chi connectivity index (χ2v) is 20.4. The number of aliphatic carboxylic acids is 1. The standard InChI is InChI=1S/C30H52N2O31S4/c1-8-4-12(33)22(15(55-8)7-54-66(47,48)49)60-30-24(63-67(50,51)52)21(38)23(25(62-30)26(39)40)61-27-11(31-64(41,42)43)5-13(9(2)56-27)58-29-20(37)18(35)14(6-53-29)59-28-16(32-65(44,45)46)19(36)17(34)10(3)57-28/h8-25,27-38H,4-7H2,1-3H3,(H,39,40)(H,41,42,43)(H,44,45,46)(H,47,48,49)(H,50,51,52)/t8-,9?,10?,11?,12-,13+,14-,15?,16?,17-,18+,19-,20?,21+,22+,23+,24?,25?,27-,28+,29+,30-/m1/s1. The Balaban J connectivity index is 1.32. The topological polar surface area (TPSA) is 502 Å². The molecule has 8 unspecified atom stereocenters.